The van der Waals surface area contributed by atoms with Gasteiger partial charge in [-0.15, -0.1) is 0 Å². The molecule has 0 atom stereocenters. The van der Waals surface area contributed by atoms with Crippen molar-refractivity contribution in [3.05, 3.63) is 46.6 Å². The number of aromatic nitrogens is 1. The van der Waals surface area contributed by atoms with E-state index >= 15 is 0 Å². The molecule has 0 fully saturated rings. The van der Waals surface area contributed by atoms with Gasteiger partial charge in [-0.25, -0.2) is 9.78 Å². The summed E-state index contributed by atoms with van der Waals surface area (Å²) >= 11 is 3.22. The number of halogens is 1. The van der Waals surface area contributed by atoms with Gasteiger partial charge in [0.15, 0.2) is 0 Å². The molecule has 0 unspecified atom stereocenters. The molecule has 6 heteroatoms. The lowest BCUT2D eigenvalue weighted by Gasteiger charge is -2.08. The molecule has 1 N–H and O–H groups in total. The quantitative estimate of drug-likeness (QED) is 0.934. The van der Waals surface area contributed by atoms with Crippen LogP contribution in [-0.4, -0.2) is 23.2 Å². The Hall–Kier alpha value is -2.08. The Kier molecular flexibility index (Phi) is 4.01. The van der Waals surface area contributed by atoms with Gasteiger partial charge in [0.25, 0.3) is 0 Å². The van der Waals surface area contributed by atoms with Crippen LogP contribution in [0.3, 0.4) is 0 Å². The van der Waals surface area contributed by atoms with Crippen molar-refractivity contribution in [2.24, 2.45) is 0 Å². The van der Waals surface area contributed by atoms with E-state index in [0.717, 1.165) is 0 Å². The van der Waals surface area contributed by atoms with Gasteiger partial charge >= 0.3 is 5.97 Å². The summed E-state index contributed by atoms with van der Waals surface area (Å²) in [7, 11) is 1.54. The summed E-state index contributed by atoms with van der Waals surface area (Å²) in [5, 5.41) is 9.11. The summed E-state index contributed by atoms with van der Waals surface area (Å²) in [6.07, 6.45) is 1.49. The predicted octanol–water partition coefficient (Wildman–Crippen LogP) is 3.34. The lowest BCUT2D eigenvalue weighted by Crippen LogP contribution is -2.00. The van der Waals surface area contributed by atoms with Crippen molar-refractivity contribution in [1.29, 1.82) is 0 Å². The Morgan fingerprint density at radius 3 is 2.68 bits per heavy atom. The molecule has 19 heavy (non-hydrogen) atoms. The Morgan fingerprint density at radius 1 is 1.32 bits per heavy atom. The van der Waals surface area contributed by atoms with Crippen molar-refractivity contribution < 1.29 is 19.4 Å². The molecule has 0 aliphatic carbocycles. The first kappa shape index (κ1) is 13.4. The highest BCUT2D eigenvalue weighted by Gasteiger charge is 2.13. The van der Waals surface area contributed by atoms with Crippen LogP contribution in [0.5, 0.6) is 17.4 Å². The van der Waals surface area contributed by atoms with Crippen LogP contribution >= 0.6 is 15.9 Å². The van der Waals surface area contributed by atoms with Crippen LogP contribution in [0.4, 0.5) is 0 Å². The number of nitrogens with zero attached hydrogens (tertiary/aromatic N) is 1. The number of carboxylic acids is 1. The average molecular weight is 324 g/mol. The van der Waals surface area contributed by atoms with Crippen LogP contribution in [0.15, 0.2) is 41.0 Å². The van der Waals surface area contributed by atoms with Gasteiger partial charge in [0, 0.05) is 10.5 Å². The highest BCUT2D eigenvalue weighted by Crippen LogP contribution is 2.27. The summed E-state index contributed by atoms with van der Waals surface area (Å²) in [6, 6.07) is 8.03. The number of methoxy groups -OCH3 is 1. The fourth-order valence-electron chi connectivity index (χ4n) is 1.42. The fraction of sp³-hybridized carbons (Fsp3) is 0.0769. The van der Waals surface area contributed by atoms with Gasteiger partial charge in [0.05, 0.1) is 13.3 Å². The Labute approximate surface area is 117 Å². The second kappa shape index (κ2) is 5.71. The average Bonchev–Trinajstić information content (AvgIpc) is 2.41. The van der Waals surface area contributed by atoms with Crippen molar-refractivity contribution in [2.75, 3.05) is 7.11 Å². The second-order valence-corrected chi connectivity index (χ2v) is 4.50. The van der Waals surface area contributed by atoms with Gasteiger partial charge in [-0.05, 0) is 24.3 Å². The zero-order valence-electron chi connectivity index (χ0n) is 9.96. The normalized spacial score (nSPS) is 10.0. The van der Waals surface area contributed by atoms with Crippen LogP contribution in [0.1, 0.15) is 10.4 Å². The van der Waals surface area contributed by atoms with Gasteiger partial charge in [-0.3, -0.25) is 0 Å². The van der Waals surface area contributed by atoms with E-state index in [9.17, 15) is 4.79 Å². The first-order valence-corrected chi connectivity index (χ1v) is 6.10. The monoisotopic (exact) mass is 323 g/mol. The standard InChI is InChI=1S/C13H10BrNO4/c1-18-9-3-5-12(15-7-9)19-11-4-2-8(14)6-10(11)13(16)17/h2-7H,1H3,(H,16,17). The van der Waals surface area contributed by atoms with E-state index in [2.05, 4.69) is 20.9 Å². The first-order valence-electron chi connectivity index (χ1n) is 5.31. The van der Waals surface area contributed by atoms with Crippen LogP contribution in [-0.2, 0) is 0 Å². The topological polar surface area (TPSA) is 68.7 Å². The van der Waals surface area contributed by atoms with Crippen LogP contribution in [0.25, 0.3) is 0 Å². The van der Waals surface area contributed by atoms with E-state index in [1.54, 1.807) is 24.3 Å². The first-order chi connectivity index (χ1) is 9.10. The van der Waals surface area contributed by atoms with E-state index in [4.69, 9.17) is 14.6 Å². The third-order valence-corrected chi connectivity index (χ3v) is 2.82. The number of carboxylic acid groups (broad SMARTS) is 1. The molecule has 1 aromatic heterocycles. The predicted molar refractivity (Wildman–Crippen MR) is 72.0 cm³/mol. The third-order valence-electron chi connectivity index (χ3n) is 2.33. The maximum atomic E-state index is 11.1. The molecule has 0 spiro atoms. The number of benzene rings is 1. The lowest BCUT2D eigenvalue weighted by atomic mass is 10.2. The molecule has 0 radical (unpaired) electrons. The van der Waals surface area contributed by atoms with Crippen molar-refractivity contribution in [3.8, 4) is 17.4 Å². The molecule has 1 aromatic carbocycles. The Morgan fingerprint density at radius 2 is 2.11 bits per heavy atom. The third kappa shape index (κ3) is 3.23. The Bertz CT molecular complexity index is 598. The number of ether oxygens (including phenoxy) is 2. The molecule has 2 aromatic rings. The van der Waals surface area contributed by atoms with Crippen molar-refractivity contribution in [3.63, 3.8) is 0 Å². The van der Waals surface area contributed by atoms with Gasteiger partial charge in [0.1, 0.15) is 17.1 Å². The molecular weight excluding hydrogens is 314 g/mol. The maximum absolute atomic E-state index is 11.1. The number of hydrogen-bond donors (Lipinski definition) is 1. The minimum atomic E-state index is -1.06. The molecule has 1 heterocycles. The van der Waals surface area contributed by atoms with E-state index in [1.807, 2.05) is 0 Å². The number of aromatic carboxylic acids is 1. The van der Waals surface area contributed by atoms with Crippen LogP contribution < -0.4 is 9.47 Å². The molecule has 0 saturated heterocycles. The van der Waals surface area contributed by atoms with Gasteiger partial charge in [0.2, 0.25) is 5.88 Å². The smallest absolute Gasteiger partial charge is 0.339 e. The number of pyridine rings is 1. The highest BCUT2D eigenvalue weighted by atomic mass is 79.9. The molecular formula is C13H10BrNO4. The largest absolute Gasteiger partial charge is 0.495 e. The number of rotatable bonds is 4. The molecule has 0 saturated carbocycles. The molecule has 0 aliphatic rings. The SMILES string of the molecule is COc1ccc(Oc2ccc(Br)cc2C(=O)O)nc1. The van der Waals surface area contributed by atoms with E-state index in [-0.39, 0.29) is 11.3 Å². The summed E-state index contributed by atoms with van der Waals surface area (Å²) in [5.41, 5.74) is 0.0620. The highest BCUT2D eigenvalue weighted by molar-refractivity contribution is 9.10. The van der Waals surface area contributed by atoms with Gasteiger partial charge in [-0.1, -0.05) is 15.9 Å². The van der Waals surface area contributed by atoms with Crippen LogP contribution in [0.2, 0.25) is 0 Å². The Balaban J connectivity index is 2.29. The second-order valence-electron chi connectivity index (χ2n) is 3.58. The summed E-state index contributed by atoms with van der Waals surface area (Å²) in [5.74, 6) is 0.0606. The minimum Gasteiger partial charge on any atom is -0.495 e. The van der Waals surface area contributed by atoms with Crippen molar-refractivity contribution in [2.45, 2.75) is 0 Å². The summed E-state index contributed by atoms with van der Waals surface area (Å²) < 4.78 is 11.1. The summed E-state index contributed by atoms with van der Waals surface area (Å²) in [6.45, 7) is 0. The molecule has 0 amide bonds. The maximum Gasteiger partial charge on any atom is 0.339 e. The molecule has 2 rings (SSSR count). The molecule has 0 aliphatic heterocycles. The number of carbonyl (C=O) groups is 1. The minimum absolute atomic E-state index is 0.0620. The molecule has 5 nitrogen and oxygen atoms in total. The van der Waals surface area contributed by atoms with Crippen molar-refractivity contribution in [1.82, 2.24) is 4.98 Å². The van der Waals surface area contributed by atoms with E-state index in [0.29, 0.717) is 16.1 Å². The van der Waals surface area contributed by atoms with Crippen LogP contribution in [0, 0.1) is 0 Å². The van der Waals surface area contributed by atoms with Crippen molar-refractivity contribution >= 4 is 21.9 Å². The van der Waals surface area contributed by atoms with E-state index < -0.39 is 5.97 Å². The van der Waals surface area contributed by atoms with E-state index in [1.165, 1.54) is 19.4 Å². The summed E-state index contributed by atoms with van der Waals surface area (Å²) in [4.78, 5) is 15.1. The fourth-order valence-corrected chi connectivity index (χ4v) is 1.78. The molecule has 0 bridgehead atoms. The molecule has 98 valence electrons. The zero-order chi connectivity index (χ0) is 13.8. The lowest BCUT2D eigenvalue weighted by molar-refractivity contribution is 0.0694. The van der Waals surface area contributed by atoms with Gasteiger partial charge in [-0.2, -0.15) is 0 Å². The number of hydrogen-bond acceptors (Lipinski definition) is 4. The zero-order valence-corrected chi connectivity index (χ0v) is 11.5. The van der Waals surface area contributed by atoms with Gasteiger partial charge < -0.3 is 14.6 Å².